The van der Waals surface area contributed by atoms with Crippen LogP contribution in [0.2, 0.25) is 0 Å². The predicted octanol–water partition coefficient (Wildman–Crippen LogP) is 2.42. The van der Waals surface area contributed by atoms with Crippen molar-refractivity contribution < 1.29 is 9.63 Å². The lowest BCUT2D eigenvalue weighted by atomic mass is 10.1. The lowest BCUT2D eigenvalue weighted by Gasteiger charge is -2.21. The zero-order chi connectivity index (χ0) is 15.2. The Hall–Kier alpha value is -1.72. The van der Waals surface area contributed by atoms with Crippen molar-refractivity contribution in [1.82, 2.24) is 15.0 Å². The summed E-state index contributed by atoms with van der Waals surface area (Å²) in [5.74, 6) is 1.32. The Balaban J connectivity index is 1.95. The minimum absolute atomic E-state index is 0.0424. The smallest absolute Gasteiger partial charge is 0.243 e. The van der Waals surface area contributed by atoms with Gasteiger partial charge in [-0.05, 0) is 32.9 Å². The number of hydrogen-bond acceptors (Lipinski definition) is 5. The largest absolute Gasteiger partial charge is 0.393 e. The standard InChI is InChI=1S/C16H23N3O2/c1-12(20)9-10-19(3)13(2)16-17-15(18-21-16)11-14-7-5-4-6-8-14/h4-8,12-13,20H,9-11H2,1-3H3. The quantitative estimate of drug-likeness (QED) is 0.848. The first-order valence-electron chi connectivity index (χ1n) is 7.31. The maximum atomic E-state index is 9.34. The molecule has 0 radical (unpaired) electrons. The molecule has 0 aliphatic rings. The number of hydrogen-bond donors (Lipinski definition) is 1. The van der Waals surface area contributed by atoms with Crippen LogP contribution in [-0.2, 0) is 6.42 Å². The van der Waals surface area contributed by atoms with Crippen molar-refractivity contribution in [2.45, 2.75) is 38.8 Å². The minimum atomic E-state index is -0.295. The number of aliphatic hydroxyl groups excluding tert-OH is 1. The molecule has 0 aliphatic carbocycles. The molecule has 0 aliphatic heterocycles. The van der Waals surface area contributed by atoms with Crippen LogP contribution in [0.25, 0.3) is 0 Å². The molecule has 2 unspecified atom stereocenters. The average molecular weight is 289 g/mol. The van der Waals surface area contributed by atoms with Crippen LogP contribution in [-0.4, -0.2) is 39.8 Å². The number of aromatic nitrogens is 2. The Bertz CT molecular complexity index is 539. The summed E-state index contributed by atoms with van der Waals surface area (Å²) < 4.78 is 5.36. The highest BCUT2D eigenvalue weighted by Gasteiger charge is 2.19. The summed E-state index contributed by atoms with van der Waals surface area (Å²) in [7, 11) is 1.99. The summed E-state index contributed by atoms with van der Waals surface area (Å²) in [5, 5.41) is 13.4. The van der Waals surface area contributed by atoms with E-state index in [1.807, 2.05) is 44.3 Å². The highest BCUT2D eigenvalue weighted by Crippen LogP contribution is 2.18. The van der Waals surface area contributed by atoms with Gasteiger partial charge in [0.25, 0.3) is 0 Å². The zero-order valence-electron chi connectivity index (χ0n) is 12.9. The molecule has 1 aromatic heterocycles. The van der Waals surface area contributed by atoms with Crippen LogP contribution in [0.4, 0.5) is 0 Å². The maximum absolute atomic E-state index is 9.34. The molecule has 1 N–H and O–H groups in total. The summed E-state index contributed by atoms with van der Waals surface area (Å²) >= 11 is 0. The topological polar surface area (TPSA) is 62.4 Å². The fourth-order valence-electron chi connectivity index (χ4n) is 2.06. The van der Waals surface area contributed by atoms with Crippen LogP contribution in [0.1, 0.15) is 43.6 Å². The second-order valence-electron chi connectivity index (χ2n) is 5.51. The van der Waals surface area contributed by atoms with Crippen LogP contribution in [0.15, 0.2) is 34.9 Å². The van der Waals surface area contributed by atoms with Gasteiger partial charge in [0.15, 0.2) is 5.82 Å². The molecule has 0 bridgehead atoms. The van der Waals surface area contributed by atoms with Gasteiger partial charge < -0.3 is 9.63 Å². The first-order chi connectivity index (χ1) is 10.1. The number of nitrogens with zero attached hydrogens (tertiary/aromatic N) is 3. The monoisotopic (exact) mass is 289 g/mol. The van der Waals surface area contributed by atoms with E-state index in [9.17, 15) is 5.11 Å². The first-order valence-corrected chi connectivity index (χ1v) is 7.31. The summed E-state index contributed by atoms with van der Waals surface area (Å²) in [6, 6.07) is 10.1. The van der Waals surface area contributed by atoms with Gasteiger partial charge in [-0.3, -0.25) is 4.90 Å². The van der Waals surface area contributed by atoms with Crippen molar-refractivity contribution >= 4 is 0 Å². The van der Waals surface area contributed by atoms with Crippen LogP contribution < -0.4 is 0 Å². The second-order valence-corrected chi connectivity index (χ2v) is 5.51. The summed E-state index contributed by atoms with van der Waals surface area (Å²) in [6.45, 7) is 4.61. The molecule has 5 heteroatoms. The second kappa shape index (κ2) is 7.33. The van der Waals surface area contributed by atoms with Gasteiger partial charge in [0.1, 0.15) is 0 Å². The van der Waals surface area contributed by atoms with Crippen LogP contribution >= 0.6 is 0 Å². The van der Waals surface area contributed by atoms with Gasteiger partial charge in [0.2, 0.25) is 5.89 Å². The first kappa shape index (κ1) is 15.7. The van der Waals surface area contributed by atoms with E-state index in [2.05, 4.69) is 15.0 Å². The third kappa shape index (κ3) is 4.65. The molecule has 2 aromatic rings. The van der Waals surface area contributed by atoms with Crippen molar-refractivity contribution in [3.05, 3.63) is 47.6 Å². The third-order valence-corrected chi connectivity index (χ3v) is 3.61. The van der Waals surface area contributed by atoms with Crippen LogP contribution in [0, 0.1) is 0 Å². The summed E-state index contributed by atoms with van der Waals surface area (Å²) in [6.07, 6.45) is 1.11. The molecule has 21 heavy (non-hydrogen) atoms. The molecule has 0 saturated heterocycles. The highest BCUT2D eigenvalue weighted by atomic mass is 16.5. The Labute approximate surface area is 125 Å². The predicted molar refractivity (Wildman–Crippen MR) is 80.9 cm³/mol. The van der Waals surface area contributed by atoms with Gasteiger partial charge >= 0.3 is 0 Å². The van der Waals surface area contributed by atoms with Gasteiger partial charge in [0.05, 0.1) is 12.1 Å². The molecule has 0 amide bonds. The molecule has 5 nitrogen and oxygen atoms in total. The molecule has 1 heterocycles. The Morgan fingerprint density at radius 1 is 1.24 bits per heavy atom. The van der Waals surface area contributed by atoms with E-state index >= 15 is 0 Å². The fraction of sp³-hybridized carbons (Fsp3) is 0.500. The maximum Gasteiger partial charge on any atom is 0.243 e. The molecule has 1 aromatic carbocycles. The van der Waals surface area contributed by atoms with E-state index in [0.29, 0.717) is 18.1 Å². The number of rotatable bonds is 7. The summed E-state index contributed by atoms with van der Waals surface area (Å²) in [5.41, 5.74) is 1.17. The average Bonchev–Trinajstić information content (AvgIpc) is 2.93. The van der Waals surface area contributed by atoms with Gasteiger partial charge in [-0.15, -0.1) is 0 Å². The van der Waals surface area contributed by atoms with E-state index < -0.39 is 0 Å². The molecule has 0 spiro atoms. The molecular weight excluding hydrogens is 266 g/mol. The highest BCUT2D eigenvalue weighted by molar-refractivity contribution is 5.18. The van der Waals surface area contributed by atoms with Gasteiger partial charge in [-0.1, -0.05) is 35.5 Å². The van der Waals surface area contributed by atoms with Crippen LogP contribution in [0.5, 0.6) is 0 Å². The third-order valence-electron chi connectivity index (χ3n) is 3.61. The van der Waals surface area contributed by atoms with E-state index in [0.717, 1.165) is 13.0 Å². The van der Waals surface area contributed by atoms with E-state index in [4.69, 9.17) is 4.52 Å². The lowest BCUT2D eigenvalue weighted by molar-refractivity contribution is 0.143. The van der Waals surface area contributed by atoms with Gasteiger partial charge in [0, 0.05) is 13.0 Å². The van der Waals surface area contributed by atoms with Gasteiger partial charge in [-0.2, -0.15) is 4.98 Å². The fourth-order valence-corrected chi connectivity index (χ4v) is 2.06. The molecular formula is C16H23N3O2. The molecule has 0 fully saturated rings. The number of benzene rings is 1. The molecule has 114 valence electrons. The van der Waals surface area contributed by atoms with Crippen molar-refractivity contribution in [1.29, 1.82) is 0 Å². The van der Waals surface area contributed by atoms with E-state index in [1.165, 1.54) is 5.56 Å². The molecule has 2 rings (SSSR count). The Morgan fingerprint density at radius 3 is 2.62 bits per heavy atom. The Kier molecular flexibility index (Phi) is 5.47. The molecule has 0 saturated carbocycles. The lowest BCUT2D eigenvalue weighted by Crippen LogP contribution is -2.26. The summed E-state index contributed by atoms with van der Waals surface area (Å²) in [4.78, 5) is 6.58. The van der Waals surface area contributed by atoms with Crippen LogP contribution in [0.3, 0.4) is 0 Å². The SMILES string of the molecule is CC(O)CCN(C)C(C)c1nc(Cc2ccccc2)no1. The minimum Gasteiger partial charge on any atom is -0.393 e. The molecule has 2 atom stereocenters. The Morgan fingerprint density at radius 2 is 1.95 bits per heavy atom. The van der Waals surface area contributed by atoms with E-state index in [-0.39, 0.29) is 12.1 Å². The normalized spacial score (nSPS) is 14.3. The van der Waals surface area contributed by atoms with E-state index in [1.54, 1.807) is 6.92 Å². The van der Waals surface area contributed by atoms with Crippen molar-refractivity contribution in [2.24, 2.45) is 0 Å². The zero-order valence-corrected chi connectivity index (χ0v) is 12.9. The van der Waals surface area contributed by atoms with Gasteiger partial charge in [-0.25, -0.2) is 0 Å². The van der Waals surface area contributed by atoms with Crippen molar-refractivity contribution in [3.8, 4) is 0 Å². The number of aliphatic hydroxyl groups is 1. The van der Waals surface area contributed by atoms with Crippen molar-refractivity contribution in [3.63, 3.8) is 0 Å². The van der Waals surface area contributed by atoms with Crippen molar-refractivity contribution in [2.75, 3.05) is 13.6 Å².